The smallest absolute Gasteiger partial charge is 0.244 e. The number of amides is 1. The Kier molecular flexibility index (Phi) is 3.79. The van der Waals surface area contributed by atoms with Crippen LogP contribution in [0.3, 0.4) is 0 Å². The molecule has 0 spiro atoms. The summed E-state index contributed by atoms with van der Waals surface area (Å²) in [6.07, 6.45) is 6.82. The van der Waals surface area contributed by atoms with Gasteiger partial charge in [0.05, 0.1) is 0 Å². The molecule has 24 heavy (non-hydrogen) atoms. The van der Waals surface area contributed by atoms with Crippen LogP contribution in [0, 0.1) is 5.92 Å². The summed E-state index contributed by atoms with van der Waals surface area (Å²) in [6.45, 7) is 2.93. The van der Waals surface area contributed by atoms with E-state index in [0.717, 1.165) is 30.3 Å². The number of furan rings is 1. The monoisotopic (exact) mass is 321 g/mol. The molecule has 3 heteroatoms. The van der Waals surface area contributed by atoms with E-state index in [0.29, 0.717) is 12.5 Å². The van der Waals surface area contributed by atoms with Crippen molar-refractivity contribution in [2.75, 3.05) is 6.54 Å². The van der Waals surface area contributed by atoms with Gasteiger partial charge in [-0.3, -0.25) is 4.79 Å². The van der Waals surface area contributed by atoms with Gasteiger partial charge in [-0.25, -0.2) is 0 Å². The van der Waals surface area contributed by atoms with Gasteiger partial charge in [0.25, 0.3) is 0 Å². The second-order valence-corrected chi connectivity index (χ2v) is 7.26. The Morgan fingerprint density at radius 1 is 1.25 bits per heavy atom. The molecule has 3 nitrogen and oxygen atoms in total. The zero-order chi connectivity index (χ0) is 16.6. The molecule has 0 aliphatic heterocycles. The Morgan fingerprint density at radius 2 is 2.00 bits per heavy atom. The first-order chi connectivity index (χ1) is 11.7. The van der Waals surface area contributed by atoms with E-state index >= 15 is 0 Å². The summed E-state index contributed by atoms with van der Waals surface area (Å²) in [6, 6.07) is 14.4. The van der Waals surface area contributed by atoms with Crippen LogP contribution in [0.25, 0.3) is 6.08 Å². The van der Waals surface area contributed by atoms with Gasteiger partial charge in [-0.15, -0.1) is 0 Å². The van der Waals surface area contributed by atoms with E-state index in [1.807, 2.05) is 18.2 Å². The van der Waals surface area contributed by atoms with E-state index in [1.54, 1.807) is 12.2 Å². The molecule has 2 atom stereocenters. The van der Waals surface area contributed by atoms with Crippen LogP contribution in [0.5, 0.6) is 0 Å². The van der Waals surface area contributed by atoms with Crippen LogP contribution in [0.4, 0.5) is 0 Å². The summed E-state index contributed by atoms with van der Waals surface area (Å²) in [5, 5.41) is 3.04. The molecule has 1 amide bonds. The first-order valence-electron chi connectivity index (χ1n) is 8.77. The summed E-state index contributed by atoms with van der Waals surface area (Å²) < 4.78 is 5.79. The van der Waals surface area contributed by atoms with Crippen LogP contribution in [-0.4, -0.2) is 12.5 Å². The molecule has 2 aliphatic carbocycles. The summed E-state index contributed by atoms with van der Waals surface area (Å²) in [5.41, 5.74) is 1.47. The van der Waals surface area contributed by atoms with Crippen LogP contribution in [0.1, 0.15) is 49.2 Å². The predicted molar refractivity (Wildman–Crippen MR) is 94.6 cm³/mol. The highest BCUT2D eigenvalue weighted by Crippen LogP contribution is 2.48. The molecule has 0 radical (unpaired) electrons. The van der Waals surface area contributed by atoms with Gasteiger partial charge in [0.1, 0.15) is 11.5 Å². The van der Waals surface area contributed by atoms with Crippen molar-refractivity contribution in [1.29, 1.82) is 0 Å². The fraction of sp³-hybridized carbons (Fsp3) is 0.381. The van der Waals surface area contributed by atoms with Gasteiger partial charge in [0.15, 0.2) is 0 Å². The molecule has 0 saturated heterocycles. The average molecular weight is 321 g/mol. The van der Waals surface area contributed by atoms with E-state index in [4.69, 9.17) is 4.42 Å². The Morgan fingerprint density at radius 3 is 2.67 bits per heavy atom. The SMILES string of the molecule is CC1CC1c1ccc(/C=C/C(=O)NCC2(c3ccccc3)CC2)o1. The topological polar surface area (TPSA) is 42.2 Å². The van der Waals surface area contributed by atoms with E-state index < -0.39 is 0 Å². The number of hydrogen-bond donors (Lipinski definition) is 1. The minimum Gasteiger partial charge on any atom is -0.461 e. The average Bonchev–Trinajstić information content (AvgIpc) is 3.50. The minimum absolute atomic E-state index is 0.0602. The highest BCUT2D eigenvalue weighted by Gasteiger charge is 2.44. The molecule has 124 valence electrons. The summed E-state index contributed by atoms with van der Waals surface area (Å²) in [5.74, 6) is 3.03. The maximum absolute atomic E-state index is 12.1. The number of nitrogens with one attached hydrogen (secondary N) is 1. The summed E-state index contributed by atoms with van der Waals surface area (Å²) in [4.78, 5) is 12.1. The molecule has 2 aromatic rings. The molecule has 2 unspecified atom stereocenters. The zero-order valence-electron chi connectivity index (χ0n) is 14.0. The third kappa shape index (κ3) is 3.16. The van der Waals surface area contributed by atoms with Gasteiger partial charge in [-0.05, 0) is 49.0 Å². The quantitative estimate of drug-likeness (QED) is 0.808. The molecular formula is C21H23NO2. The van der Waals surface area contributed by atoms with Gasteiger partial charge in [0, 0.05) is 24.0 Å². The lowest BCUT2D eigenvalue weighted by atomic mass is 9.96. The van der Waals surface area contributed by atoms with Crippen LogP contribution in [-0.2, 0) is 10.2 Å². The van der Waals surface area contributed by atoms with Gasteiger partial charge >= 0.3 is 0 Å². The van der Waals surface area contributed by atoms with Crippen molar-refractivity contribution in [3.63, 3.8) is 0 Å². The second kappa shape index (κ2) is 5.97. The third-order valence-electron chi connectivity index (χ3n) is 5.36. The Labute approximate surface area is 142 Å². The summed E-state index contributed by atoms with van der Waals surface area (Å²) in [7, 11) is 0. The van der Waals surface area contributed by atoms with Crippen molar-refractivity contribution in [2.45, 2.75) is 37.5 Å². The molecule has 1 N–H and O–H groups in total. The van der Waals surface area contributed by atoms with Gasteiger partial charge in [-0.1, -0.05) is 37.3 Å². The van der Waals surface area contributed by atoms with Crippen molar-refractivity contribution in [1.82, 2.24) is 5.32 Å². The first-order valence-corrected chi connectivity index (χ1v) is 8.77. The van der Waals surface area contributed by atoms with Crippen molar-refractivity contribution < 1.29 is 9.21 Å². The molecule has 1 heterocycles. The second-order valence-electron chi connectivity index (χ2n) is 7.26. The fourth-order valence-corrected chi connectivity index (χ4v) is 3.36. The highest BCUT2D eigenvalue weighted by molar-refractivity contribution is 5.91. The molecular weight excluding hydrogens is 298 g/mol. The van der Waals surface area contributed by atoms with E-state index in [1.165, 1.54) is 12.0 Å². The predicted octanol–water partition coefficient (Wildman–Crippen LogP) is 4.26. The Bertz CT molecular complexity index is 755. The van der Waals surface area contributed by atoms with Gasteiger partial charge in [-0.2, -0.15) is 0 Å². The fourth-order valence-electron chi connectivity index (χ4n) is 3.36. The molecule has 1 aromatic heterocycles. The van der Waals surface area contributed by atoms with E-state index in [2.05, 4.69) is 36.5 Å². The van der Waals surface area contributed by atoms with Gasteiger partial charge < -0.3 is 9.73 Å². The molecule has 0 bridgehead atoms. The standard InChI is InChI=1S/C21H23NO2/c1-15-13-18(15)19-9-7-17(24-19)8-10-20(23)22-14-21(11-12-21)16-5-3-2-4-6-16/h2-10,15,18H,11-14H2,1H3,(H,22,23)/b10-8+. The highest BCUT2D eigenvalue weighted by atomic mass is 16.3. The number of rotatable bonds is 6. The van der Waals surface area contributed by atoms with Crippen LogP contribution in [0.2, 0.25) is 0 Å². The van der Waals surface area contributed by atoms with Crippen molar-refractivity contribution in [3.8, 4) is 0 Å². The maximum Gasteiger partial charge on any atom is 0.244 e. The lowest BCUT2D eigenvalue weighted by Crippen LogP contribution is -2.30. The number of carbonyl (C=O) groups excluding carboxylic acids is 1. The minimum atomic E-state index is -0.0602. The Balaban J connectivity index is 1.31. The molecule has 1 aromatic carbocycles. The molecule has 2 aliphatic rings. The molecule has 2 saturated carbocycles. The zero-order valence-corrected chi connectivity index (χ0v) is 14.0. The van der Waals surface area contributed by atoms with Crippen LogP contribution >= 0.6 is 0 Å². The van der Waals surface area contributed by atoms with E-state index in [9.17, 15) is 4.79 Å². The van der Waals surface area contributed by atoms with Crippen LogP contribution < -0.4 is 5.32 Å². The maximum atomic E-state index is 12.1. The molecule has 2 fully saturated rings. The number of hydrogen-bond acceptors (Lipinski definition) is 2. The lowest BCUT2D eigenvalue weighted by Gasteiger charge is -2.15. The van der Waals surface area contributed by atoms with Crippen molar-refractivity contribution in [3.05, 3.63) is 65.6 Å². The third-order valence-corrected chi connectivity index (χ3v) is 5.36. The largest absolute Gasteiger partial charge is 0.461 e. The number of benzene rings is 1. The van der Waals surface area contributed by atoms with E-state index in [-0.39, 0.29) is 11.3 Å². The number of carbonyl (C=O) groups is 1. The summed E-state index contributed by atoms with van der Waals surface area (Å²) >= 11 is 0. The van der Waals surface area contributed by atoms with Crippen molar-refractivity contribution in [2.24, 2.45) is 5.92 Å². The molecule has 4 rings (SSSR count). The van der Waals surface area contributed by atoms with Crippen molar-refractivity contribution >= 4 is 12.0 Å². The van der Waals surface area contributed by atoms with Crippen LogP contribution in [0.15, 0.2) is 53.0 Å². The lowest BCUT2D eigenvalue weighted by molar-refractivity contribution is -0.116. The first kappa shape index (κ1) is 15.3. The normalized spacial score (nSPS) is 24.0. The van der Waals surface area contributed by atoms with Gasteiger partial charge in [0.2, 0.25) is 5.91 Å². The Hall–Kier alpha value is -2.29.